The van der Waals surface area contributed by atoms with Crippen LogP contribution in [0.4, 0.5) is 5.69 Å². The van der Waals surface area contributed by atoms with E-state index in [0.717, 1.165) is 0 Å². The molecule has 8 heteroatoms. The predicted octanol–water partition coefficient (Wildman–Crippen LogP) is 4.25. The molecule has 1 rings (SSSR count). The van der Waals surface area contributed by atoms with E-state index >= 15 is 0 Å². The fourth-order valence-corrected chi connectivity index (χ4v) is 0.875. The van der Waals surface area contributed by atoms with Crippen LogP contribution in [0.2, 0.25) is 0 Å². The molecule has 0 bridgehead atoms. The van der Waals surface area contributed by atoms with Gasteiger partial charge < -0.3 is 9.47 Å². The summed E-state index contributed by atoms with van der Waals surface area (Å²) in [5.41, 5.74) is 0.358. The molecular formula is C8H9Cl3N2O2Zn. The maximum absolute atomic E-state index is 8.56. The average Bonchev–Trinajstić information content (AvgIpc) is 2.27. The first kappa shape index (κ1) is 15.7. The van der Waals surface area contributed by atoms with E-state index < -0.39 is 13.0 Å². The van der Waals surface area contributed by atoms with Crippen LogP contribution >= 0.6 is 29.1 Å². The Morgan fingerprint density at radius 3 is 2.12 bits per heavy atom. The van der Waals surface area contributed by atoms with Crippen molar-refractivity contribution in [1.29, 1.82) is 5.39 Å². The molecule has 0 saturated carbocycles. The summed E-state index contributed by atoms with van der Waals surface area (Å²) >= 11 is -2.21. The molecule has 0 radical (unpaired) electrons. The van der Waals surface area contributed by atoms with Crippen LogP contribution in [0.5, 0.6) is 11.5 Å². The third kappa shape index (κ3) is 6.35. The summed E-state index contributed by atoms with van der Waals surface area (Å²) < 4.78 is 9.86. The molecular weight excluding hydrogens is 328 g/mol. The molecule has 0 unspecified atom stereocenters. The molecule has 0 fully saturated rings. The van der Waals surface area contributed by atoms with Crippen molar-refractivity contribution in [2.75, 3.05) is 14.2 Å². The van der Waals surface area contributed by atoms with E-state index in [1.54, 1.807) is 25.3 Å². The number of benzene rings is 1. The second-order valence-electron chi connectivity index (χ2n) is 2.44. The van der Waals surface area contributed by atoms with E-state index in [1.165, 1.54) is 7.11 Å². The van der Waals surface area contributed by atoms with Crippen LogP contribution in [0.25, 0.3) is 4.98 Å². The van der Waals surface area contributed by atoms with Gasteiger partial charge in [-0.15, -0.1) is 0 Å². The standard InChI is InChI=1S/C8H9N2O2.3ClH.Zn/c1-11-6-3-4-8(12-2)7(5-6)10-9;;;;/h3-5H,1-2H3;3*1H;/q+1;;;;+2/p-3. The van der Waals surface area contributed by atoms with E-state index in [0.29, 0.717) is 17.2 Å². The van der Waals surface area contributed by atoms with E-state index in [-0.39, 0.29) is 0 Å². The maximum atomic E-state index is 8.56. The van der Waals surface area contributed by atoms with E-state index in [1.807, 2.05) is 0 Å². The molecule has 0 N–H and O–H groups in total. The van der Waals surface area contributed by atoms with Gasteiger partial charge in [0.2, 0.25) is 11.1 Å². The van der Waals surface area contributed by atoms with Crippen molar-refractivity contribution in [2.45, 2.75) is 0 Å². The van der Waals surface area contributed by atoms with Crippen molar-refractivity contribution < 1.29 is 22.5 Å². The Labute approximate surface area is 111 Å². The second-order valence-corrected chi connectivity index (χ2v) is 16.3. The average molecular weight is 337 g/mol. The molecule has 0 saturated heterocycles. The van der Waals surface area contributed by atoms with Crippen LogP contribution in [-0.4, -0.2) is 14.2 Å². The minimum absolute atomic E-state index is 0.358. The molecule has 0 atom stereocenters. The fourth-order valence-electron chi connectivity index (χ4n) is 0.875. The van der Waals surface area contributed by atoms with Gasteiger partial charge in [0, 0.05) is 0 Å². The van der Waals surface area contributed by atoms with Crippen molar-refractivity contribution in [3.8, 4) is 11.5 Å². The molecule has 0 aliphatic carbocycles. The van der Waals surface area contributed by atoms with Gasteiger partial charge in [0.05, 0.1) is 20.3 Å². The topological polar surface area (TPSA) is 46.6 Å². The Hall–Kier alpha value is -0.267. The summed E-state index contributed by atoms with van der Waals surface area (Å²) in [6.07, 6.45) is 0. The third-order valence-corrected chi connectivity index (χ3v) is 1.49. The SMILES string of the molecule is COc1ccc(OC)c([N+]#N)c1.[Cl][Zn-]([Cl])[Cl]. The molecule has 1 aromatic carbocycles. The normalized spacial score (nSPS) is 8.25. The van der Waals surface area contributed by atoms with Crippen LogP contribution in [0.1, 0.15) is 0 Å². The number of hydrogen-bond acceptors (Lipinski definition) is 3. The molecule has 0 spiro atoms. The van der Waals surface area contributed by atoms with E-state index in [2.05, 4.69) is 4.98 Å². The number of ether oxygens (including phenoxy) is 2. The Morgan fingerprint density at radius 1 is 1.19 bits per heavy atom. The summed E-state index contributed by atoms with van der Waals surface area (Å²) in [6, 6.07) is 4.99. The number of halogens is 3. The molecule has 0 aromatic heterocycles. The van der Waals surface area contributed by atoms with Gasteiger partial charge >= 0.3 is 47.7 Å². The van der Waals surface area contributed by atoms with Crippen molar-refractivity contribution in [1.82, 2.24) is 0 Å². The summed E-state index contributed by atoms with van der Waals surface area (Å²) in [7, 11) is 18.1. The molecule has 0 amide bonds. The predicted molar refractivity (Wildman–Crippen MR) is 61.8 cm³/mol. The van der Waals surface area contributed by atoms with Crippen molar-refractivity contribution >= 4 is 34.8 Å². The first-order valence-electron chi connectivity index (χ1n) is 4.19. The molecule has 86 valence electrons. The monoisotopic (exact) mass is 334 g/mol. The number of rotatable bonds is 2. The Balaban J connectivity index is 0.000000487. The van der Waals surface area contributed by atoms with Gasteiger partial charge in [0.15, 0.2) is 4.98 Å². The van der Waals surface area contributed by atoms with Gasteiger partial charge in [0.1, 0.15) is 5.75 Å². The number of diazo groups is 1. The van der Waals surface area contributed by atoms with Crippen LogP contribution in [-0.2, 0) is 13.0 Å². The van der Waals surface area contributed by atoms with Crippen LogP contribution < -0.4 is 9.47 Å². The van der Waals surface area contributed by atoms with Crippen LogP contribution in [0.15, 0.2) is 18.2 Å². The first-order chi connectivity index (χ1) is 7.54. The minimum atomic E-state index is -2.21. The van der Waals surface area contributed by atoms with E-state index in [9.17, 15) is 0 Å². The van der Waals surface area contributed by atoms with Crippen LogP contribution in [0, 0.1) is 5.39 Å². The Morgan fingerprint density at radius 2 is 1.75 bits per heavy atom. The zero-order valence-corrected chi connectivity index (χ0v) is 14.0. The van der Waals surface area contributed by atoms with Gasteiger partial charge in [0.25, 0.3) is 0 Å². The molecule has 0 heterocycles. The van der Waals surface area contributed by atoms with Gasteiger partial charge in [-0.1, -0.05) is 0 Å². The van der Waals surface area contributed by atoms with Gasteiger partial charge in [-0.25, -0.2) is 0 Å². The van der Waals surface area contributed by atoms with Gasteiger partial charge in [-0.05, 0) is 12.1 Å². The number of hydrogen-bond donors (Lipinski definition) is 0. The Bertz CT molecular complexity index is 368. The third-order valence-electron chi connectivity index (χ3n) is 1.49. The fraction of sp³-hybridized carbons (Fsp3) is 0.250. The quantitative estimate of drug-likeness (QED) is 0.599. The Kier molecular flexibility index (Phi) is 8.69. The molecule has 1 aromatic rings. The second kappa shape index (κ2) is 8.84. The zero-order valence-electron chi connectivity index (χ0n) is 8.78. The molecule has 4 nitrogen and oxygen atoms in total. The van der Waals surface area contributed by atoms with Crippen molar-refractivity contribution in [2.24, 2.45) is 0 Å². The number of nitrogens with zero attached hydrogens (tertiary/aromatic N) is 2. The molecule has 16 heavy (non-hydrogen) atoms. The van der Waals surface area contributed by atoms with Crippen molar-refractivity contribution in [3.05, 3.63) is 23.2 Å². The summed E-state index contributed by atoms with van der Waals surface area (Å²) in [6.45, 7) is 0. The summed E-state index contributed by atoms with van der Waals surface area (Å²) in [4.78, 5) is 3.04. The van der Waals surface area contributed by atoms with Crippen LogP contribution in [0.3, 0.4) is 0 Å². The summed E-state index contributed by atoms with van der Waals surface area (Å²) in [5.74, 6) is 1.14. The summed E-state index contributed by atoms with van der Waals surface area (Å²) in [5, 5.41) is 8.56. The molecule has 0 aliphatic rings. The van der Waals surface area contributed by atoms with E-state index in [4.69, 9.17) is 43.9 Å². The van der Waals surface area contributed by atoms with Crippen molar-refractivity contribution in [3.63, 3.8) is 0 Å². The molecule has 0 aliphatic heterocycles. The number of methoxy groups -OCH3 is 2. The van der Waals surface area contributed by atoms with Gasteiger partial charge in [-0.2, -0.15) is 0 Å². The van der Waals surface area contributed by atoms with Gasteiger partial charge in [-0.3, -0.25) is 0 Å². The zero-order chi connectivity index (χ0) is 12.6. The first-order valence-corrected chi connectivity index (χ1v) is 15.9.